The SMILES string of the molecule is CCCCCC=NC(C)CC. The predicted octanol–water partition coefficient (Wildman–Crippen LogP) is 3.44. The zero-order valence-corrected chi connectivity index (χ0v) is 8.14. The largest absolute Gasteiger partial charge is 0.295 e. The maximum Gasteiger partial charge on any atom is 0.0464 e. The zero-order valence-electron chi connectivity index (χ0n) is 8.14. The highest BCUT2D eigenvalue weighted by Crippen LogP contribution is 1.98. The molecule has 1 nitrogen and oxygen atoms in total. The summed E-state index contributed by atoms with van der Waals surface area (Å²) in [6.45, 7) is 6.57. The average molecular weight is 155 g/mol. The van der Waals surface area contributed by atoms with Crippen molar-refractivity contribution in [3.63, 3.8) is 0 Å². The Bertz CT molecular complexity index is 97.0. The Morgan fingerprint density at radius 2 is 2.00 bits per heavy atom. The molecular weight excluding hydrogens is 134 g/mol. The molecule has 0 aliphatic carbocycles. The van der Waals surface area contributed by atoms with Gasteiger partial charge >= 0.3 is 0 Å². The first kappa shape index (κ1) is 10.7. The third kappa shape index (κ3) is 7.57. The van der Waals surface area contributed by atoms with Crippen molar-refractivity contribution in [3.8, 4) is 0 Å². The minimum atomic E-state index is 0.525. The van der Waals surface area contributed by atoms with E-state index in [1.165, 1.54) is 19.3 Å². The van der Waals surface area contributed by atoms with Crippen molar-refractivity contribution in [2.45, 2.75) is 58.9 Å². The fourth-order valence-corrected chi connectivity index (χ4v) is 0.846. The van der Waals surface area contributed by atoms with Crippen molar-refractivity contribution in [2.75, 3.05) is 0 Å². The standard InChI is InChI=1S/C10H21N/c1-4-6-7-8-9-11-10(3)5-2/h9-10H,4-8H2,1-3H3. The van der Waals surface area contributed by atoms with Crippen LogP contribution in [0.15, 0.2) is 4.99 Å². The molecule has 0 aliphatic rings. The molecule has 0 aliphatic heterocycles. The van der Waals surface area contributed by atoms with Crippen LogP contribution in [0.4, 0.5) is 0 Å². The van der Waals surface area contributed by atoms with E-state index in [9.17, 15) is 0 Å². The van der Waals surface area contributed by atoms with Crippen molar-refractivity contribution in [2.24, 2.45) is 4.99 Å². The summed E-state index contributed by atoms with van der Waals surface area (Å²) in [7, 11) is 0. The molecule has 0 rings (SSSR count). The number of hydrogen-bond donors (Lipinski definition) is 0. The monoisotopic (exact) mass is 155 g/mol. The zero-order chi connectivity index (χ0) is 8.53. The van der Waals surface area contributed by atoms with Gasteiger partial charge in [0.25, 0.3) is 0 Å². The molecule has 1 unspecified atom stereocenters. The molecule has 11 heavy (non-hydrogen) atoms. The van der Waals surface area contributed by atoms with Gasteiger partial charge in [-0.3, -0.25) is 4.99 Å². The molecular formula is C10H21N. The van der Waals surface area contributed by atoms with Gasteiger partial charge in [0.1, 0.15) is 0 Å². The Balaban J connectivity index is 3.15. The summed E-state index contributed by atoms with van der Waals surface area (Å²) in [5.74, 6) is 0. The highest BCUT2D eigenvalue weighted by atomic mass is 14.7. The van der Waals surface area contributed by atoms with Gasteiger partial charge in [-0.05, 0) is 32.4 Å². The van der Waals surface area contributed by atoms with E-state index in [-0.39, 0.29) is 0 Å². The predicted molar refractivity (Wildman–Crippen MR) is 52.4 cm³/mol. The minimum Gasteiger partial charge on any atom is -0.295 e. The molecule has 0 radical (unpaired) electrons. The van der Waals surface area contributed by atoms with Gasteiger partial charge in [0.15, 0.2) is 0 Å². The van der Waals surface area contributed by atoms with E-state index < -0.39 is 0 Å². The third-order valence-electron chi connectivity index (χ3n) is 1.89. The summed E-state index contributed by atoms with van der Waals surface area (Å²) in [5, 5.41) is 0. The molecule has 1 atom stereocenters. The van der Waals surface area contributed by atoms with Gasteiger partial charge in [0.05, 0.1) is 0 Å². The lowest BCUT2D eigenvalue weighted by Gasteiger charge is -1.99. The highest BCUT2D eigenvalue weighted by molar-refractivity contribution is 5.57. The van der Waals surface area contributed by atoms with E-state index in [1.54, 1.807) is 0 Å². The number of nitrogens with zero attached hydrogens (tertiary/aromatic N) is 1. The number of aliphatic imine (C=N–C) groups is 1. The van der Waals surface area contributed by atoms with Gasteiger partial charge in [-0.1, -0.05) is 26.7 Å². The van der Waals surface area contributed by atoms with Crippen molar-refractivity contribution in [1.29, 1.82) is 0 Å². The second-order valence-electron chi connectivity index (χ2n) is 3.08. The van der Waals surface area contributed by atoms with E-state index in [0.29, 0.717) is 6.04 Å². The lowest BCUT2D eigenvalue weighted by Crippen LogP contribution is -1.94. The van der Waals surface area contributed by atoms with Crippen LogP contribution in [0, 0.1) is 0 Å². The molecule has 0 bridgehead atoms. The lowest BCUT2D eigenvalue weighted by atomic mass is 10.2. The maximum atomic E-state index is 4.39. The van der Waals surface area contributed by atoms with Gasteiger partial charge < -0.3 is 0 Å². The molecule has 0 aromatic carbocycles. The molecule has 1 heteroatoms. The summed E-state index contributed by atoms with van der Waals surface area (Å²) < 4.78 is 0. The Morgan fingerprint density at radius 1 is 1.27 bits per heavy atom. The number of rotatable bonds is 6. The maximum absolute atomic E-state index is 4.39. The van der Waals surface area contributed by atoms with Crippen LogP contribution < -0.4 is 0 Å². The van der Waals surface area contributed by atoms with Gasteiger partial charge in [0, 0.05) is 6.04 Å². The lowest BCUT2D eigenvalue weighted by molar-refractivity contribution is 0.708. The second-order valence-corrected chi connectivity index (χ2v) is 3.08. The molecule has 0 amide bonds. The van der Waals surface area contributed by atoms with Gasteiger partial charge in [0.2, 0.25) is 0 Å². The number of unbranched alkanes of at least 4 members (excludes halogenated alkanes) is 3. The summed E-state index contributed by atoms with van der Waals surface area (Å²) in [4.78, 5) is 4.39. The molecule has 0 N–H and O–H groups in total. The minimum absolute atomic E-state index is 0.525. The summed E-state index contributed by atoms with van der Waals surface area (Å²) in [6, 6.07) is 0.525. The molecule has 0 saturated carbocycles. The summed E-state index contributed by atoms with van der Waals surface area (Å²) >= 11 is 0. The molecule has 66 valence electrons. The Morgan fingerprint density at radius 3 is 2.55 bits per heavy atom. The van der Waals surface area contributed by atoms with Crippen LogP contribution in [0.5, 0.6) is 0 Å². The van der Waals surface area contributed by atoms with E-state index in [4.69, 9.17) is 0 Å². The van der Waals surface area contributed by atoms with Crippen molar-refractivity contribution < 1.29 is 0 Å². The van der Waals surface area contributed by atoms with E-state index in [0.717, 1.165) is 12.8 Å². The molecule has 0 fully saturated rings. The van der Waals surface area contributed by atoms with E-state index >= 15 is 0 Å². The third-order valence-corrected chi connectivity index (χ3v) is 1.89. The van der Waals surface area contributed by atoms with Crippen LogP contribution in [0.1, 0.15) is 52.9 Å². The Kier molecular flexibility index (Phi) is 7.54. The van der Waals surface area contributed by atoms with Crippen molar-refractivity contribution in [3.05, 3.63) is 0 Å². The quantitative estimate of drug-likeness (QED) is 0.411. The van der Waals surface area contributed by atoms with Gasteiger partial charge in [-0.2, -0.15) is 0 Å². The van der Waals surface area contributed by atoms with E-state index in [1.807, 2.05) is 0 Å². The smallest absolute Gasteiger partial charge is 0.0464 e. The summed E-state index contributed by atoms with van der Waals surface area (Å²) in [5.41, 5.74) is 0. The topological polar surface area (TPSA) is 12.4 Å². The Labute approximate surface area is 70.9 Å². The van der Waals surface area contributed by atoms with Crippen LogP contribution in [0.2, 0.25) is 0 Å². The van der Waals surface area contributed by atoms with Crippen LogP contribution in [0.25, 0.3) is 0 Å². The fourth-order valence-electron chi connectivity index (χ4n) is 0.846. The highest BCUT2D eigenvalue weighted by Gasteiger charge is 1.89. The normalized spacial score (nSPS) is 14.1. The summed E-state index contributed by atoms with van der Waals surface area (Å²) in [6.07, 6.45) is 8.35. The second kappa shape index (κ2) is 7.77. The van der Waals surface area contributed by atoms with Crippen LogP contribution >= 0.6 is 0 Å². The molecule has 0 heterocycles. The first-order chi connectivity index (χ1) is 5.31. The van der Waals surface area contributed by atoms with E-state index in [2.05, 4.69) is 32.0 Å². The van der Waals surface area contributed by atoms with Gasteiger partial charge in [-0.15, -0.1) is 0 Å². The van der Waals surface area contributed by atoms with Crippen LogP contribution in [-0.2, 0) is 0 Å². The Hall–Kier alpha value is -0.330. The number of hydrogen-bond acceptors (Lipinski definition) is 1. The first-order valence-corrected chi connectivity index (χ1v) is 4.82. The molecule has 0 spiro atoms. The molecule has 0 aromatic heterocycles. The fraction of sp³-hybridized carbons (Fsp3) is 0.900. The van der Waals surface area contributed by atoms with Crippen molar-refractivity contribution in [1.82, 2.24) is 0 Å². The average Bonchev–Trinajstić information content (AvgIpc) is 2.04. The molecule has 0 aromatic rings. The van der Waals surface area contributed by atoms with Crippen molar-refractivity contribution >= 4 is 6.21 Å². The molecule has 0 saturated heterocycles. The van der Waals surface area contributed by atoms with Crippen LogP contribution in [0.3, 0.4) is 0 Å². The van der Waals surface area contributed by atoms with Gasteiger partial charge in [-0.25, -0.2) is 0 Å². The first-order valence-electron chi connectivity index (χ1n) is 4.82. The van der Waals surface area contributed by atoms with Crippen LogP contribution in [-0.4, -0.2) is 12.3 Å².